The first-order valence-electron chi connectivity index (χ1n) is 7.83. The number of pyridine rings is 1. The van der Waals surface area contributed by atoms with Crippen molar-refractivity contribution in [3.8, 4) is 11.3 Å². The van der Waals surface area contributed by atoms with Crippen molar-refractivity contribution in [3.05, 3.63) is 60.8 Å². The molecule has 0 aliphatic rings. The molecule has 4 aromatic rings. The molecular formula is C20H18IrNOSi-. The molecule has 4 rings (SSSR count). The third-order valence-corrected chi connectivity index (χ3v) is 6.22. The van der Waals surface area contributed by atoms with Crippen LogP contribution in [0.15, 0.2) is 59.1 Å². The third kappa shape index (κ3) is 2.86. The van der Waals surface area contributed by atoms with Gasteiger partial charge in [0.15, 0.2) is 5.58 Å². The van der Waals surface area contributed by atoms with E-state index in [2.05, 4.69) is 55.0 Å². The van der Waals surface area contributed by atoms with E-state index in [9.17, 15) is 0 Å². The number of benzene rings is 2. The van der Waals surface area contributed by atoms with Gasteiger partial charge < -0.3 is 9.40 Å². The number of nitrogens with zero attached hydrogens (tertiary/aromatic N) is 1. The summed E-state index contributed by atoms with van der Waals surface area (Å²) in [6.07, 6.45) is 1.83. The molecule has 0 amide bonds. The van der Waals surface area contributed by atoms with Crippen molar-refractivity contribution in [2.45, 2.75) is 19.6 Å². The summed E-state index contributed by atoms with van der Waals surface area (Å²) in [6, 6.07) is 19.9. The number of furan rings is 1. The second-order valence-corrected chi connectivity index (χ2v) is 11.9. The van der Waals surface area contributed by atoms with Crippen LogP contribution in [-0.4, -0.2) is 13.1 Å². The number of fused-ring (bicyclic) bond motifs is 3. The second kappa shape index (κ2) is 6.28. The molecule has 2 heterocycles. The van der Waals surface area contributed by atoms with E-state index >= 15 is 0 Å². The van der Waals surface area contributed by atoms with Gasteiger partial charge in [-0.25, -0.2) is 0 Å². The van der Waals surface area contributed by atoms with Gasteiger partial charge in [0.05, 0.1) is 6.20 Å². The van der Waals surface area contributed by atoms with Crippen LogP contribution in [0.4, 0.5) is 0 Å². The molecule has 0 fully saturated rings. The maximum Gasteiger partial charge on any atom is 0.151 e. The van der Waals surface area contributed by atoms with E-state index < -0.39 is 8.07 Å². The van der Waals surface area contributed by atoms with Gasteiger partial charge in [0, 0.05) is 39.0 Å². The number of rotatable bonds is 2. The van der Waals surface area contributed by atoms with Crippen LogP contribution < -0.4 is 5.19 Å². The van der Waals surface area contributed by atoms with Crippen LogP contribution in [-0.2, 0) is 20.1 Å². The van der Waals surface area contributed by atoms with Crippen molar-refractivity contribution in [3.63, 3.8) is 0 Å². The summed E-state index contributed by atoms with van der Waals surface area (Å²) >= 11 is 0. The van der Waals surface area contributed by atoms with Gasteiger partial charge >= 0.3 is 0 Å². The van der Waals surface area contributed by atoms with E-state index in [1.807, 2.05) is 30.5 Å². The van der Waals surface area contributed by atoms with E-state index in [0.29, 0.717) is 0 Å². The molecule has 2 nitrogen and oxygen atoms in total. The first kappa shape index (κ1) is 17.1. The molecule has 0 bridgehead atoms. The minimum absolute atomic E-state index is 0. The average Bonchev–Trinajstić information content (AvgIpc) is 2.92. The Balaban J connectivity index is 0.00000169. The molecule has 0 unspecified atom stereocenters. The number of para-hydroxylation sites is 1. The van der Waals surface area contributed by atoms with Gasteiger partial charge in [-0.1, -0.05) is 43.9 Å². The quantitative estimate of drug-likeness (QED) is 0.282. The van der Waals surface area contributed by atoms with Crippen molar-refractivity contribution in [2.75, 3.05) is 0 Å². The fraction of sp³-hybridized carbons (Fsp3) is 0.150. The molecular weight excluding hydrogens is 491 g/mol. The zero-order chi connectivity index (χ0) is 16.0. The van der Waals surface area contributed by atoms with Crippen molar-refractivity contribution in [2.24, 2.45) is 0 Å². The third-order valence-electron chi connectivity index (χ3n) is 4.18. The first-order valence-corrected chi connectivity index (χ1v) is 11.3. The predicted molar refractivity (Wildman–Crippen MR) is 98.8 cm³/mol. The monoisotopic (exact) mass is 509 g/mol. The Bertz CT molecular complexity index is 1020. The topological polar surface area (TPSA) is 26.0 Å². The summed E-state index contributed by atoms with van der Waals surface area (Å²) in [4.78, 5) is 4.64. The second-order valence-electron chi connectivity index (χ2n) is 6.87. The van der Waals surface area contributed by atoms with Crippen molar-refractivity contribution >= 4 is 35.2 Å². The average molecular weight is 509 g/mol. The van der Waals surface area contributed by atoms with E-state index in [1.54, 1.807) is 0 Å². The summed E-state index contributed by atoms with van der Waals surface area (Å²) in [7, 11) is -1.46. The maximum absolute atomic E-state index is 5.88. The Labute approximate surface area is 156 Å². The van der Waals surface area contributed by atoms with Crippen LogP contribution in [0.3, 0.4) is 0 Å². The molecule has 2 aromatic heterocycles. The van der Waals surface area contributed by atoms with E-state index in [1.165, 1.54) is 5.19 Å². The maximum atomic E-state index is 5.88. The molecule has 2 aromatic carbocycles. The summed E-state index contributed by atoms with van der Waals surface area (Å²) in [5, 5.41) is 3.64. The van der Waals surface area contributed by atoms with Gasteiger partial charge in [-0.05, 0) is 11.8 Å². The Kier molecular flexibility index (Phi) is 4.47. The summed E-state index contributed by atoms with van der Waals surface area (Å²) in [5.74, 6) is 0. The van der Waals surface area contributed by atoms with Gasteiger partial charge in [-0.3, -0.25) is 0 Å². The standard InChI is InChI=1S/C20H18NOSi.Ir/c1-23(2,3)20-11-7-5-9-15(20)17-12-16-14-8-4-6-10-18(14)22-19(16)13-21-17;/h4-8,10-13H,1-3H3;/q-1;. The predicted octanol–water partition coefficient (Wildman–Crippen LogP) is 4.99. The van der Waals surface area contributed by atoms with Crippen LogP contribution in [0.1, 0.15) is 0 Å². The first-order chi connectivity index (χ1) is 11.0. The molecule has 1 radical (unpaired) electrons. The summed E-state index contributed by atoms with van der Waals surface area (Å²) in [6.45, 7) is 7.06. The molecule has 0 N–H and O–H groups in total. The van der Waals surface area contributed by atoms with Crippen LogP contribution in [0.2, 0.25) is 19.6 Å². The van der Waals surface area contributed by atoms with E-state index in [4.69, 9.17) is 4.42 Å². The fourth-order valence-electron chi connectivity index (χ4n) is 3.04. The molecule has 123 valence electrons. The molecule has 4 heteroatoms. The minimum atomic E-state index is -1.46. The molecule has 0 saturated carbocycles. The van der Waals surface area contributed by atoms with Crippen LogP contribution in [0.25, 0.3) is 33.2 Å². The fourth-order valence-corrected chi connectivity index (χ4v) is 4.59. The van der Waals surface area contributed by atoms with Crippen molar-refractivity contribution in [1.29, 1.82) is 0 Å². The molecule has 0 spiro atoms. The molecule has 0 atom stereocenters. The number of aromatic nitrogens is 1. The van der Waals surface area contributed by atoms with Gasteiger partial charge in [0.2, 0.25) is 0 Å². The Morgan fingerprint density at radius 1 is 0.958 bits per heavy atom. The zero-order valence-electron chi connectivity index (χ0n) is 13.9. The smallest absolute Gasteiger partial charge is 0.151 e. The van der Waals surface area contributed by atoms with Gasteiger partial charge in [0.1, 0.15) is 5.58 Å². The van der Waals surface area contributed by atoms with Crippen molar-refractivity contribution in [1.82, 2.24) is 4.98 Å². The van der Waals surface area contributed by atoms with Crippen molar-refractivity contribution < 1.29 is 24.5 Å². The Morgan fingerprint density at radius 2 is 1.75 bits per heavy atom. The van der Waals surface area contributed by atoms with Crippen LogP contribution in [0, 0.1) is 6.07 Å². The number of hydrogen-bond donors (Lipinski definition) is 0. The summed E-state index contributed by atoms with van der Waals surface area (Å²) in [5.41, 5.74) is 3.84. The zero-order valence-corrected chi connectivity index (χ0v) is 17.3. The van der Waals surface area contributed by atoms with E-state index in [0.717, 1.165) is 33.2 Å². The SMILES string of the molecule is C[Si](C)(C)c1ccc[c-]c1-c1cc2c(cn1)oc1ccccc12.[Ir]. The molecule has 0 saturated heterocycles. The molecule has 0 aliphatic heterocycles. The van der Waals surface area contributed by atoms with E-state index in [-0.39, 0.29) is 20.1 Å². The Morgan fingerprint density at radius 3 is 2.54 bits per heavy atom. The largest absolute Gasteiger partial charge is 0.455 e. The normalized spacial score (nSPS) is 11.6. The molecule has 24 heavy (non-hydrogen) atoms. The molecule has 0 aliphatic carbocycles. The van der Waals surface area contributed by atoms with Crippen LogP contribution in [0.5, 0.6) is 0 Å². The van der Waals surface area contributed by atoms with Crippen LogP contribution >= 0.6 is 0 Å². The van der Waals surface area contributed by atoms with Gasteiger partial charge in [0.25, 0.3) is 0 Å². The number of hydrogen-bond acceptors (Lipinski definition) is 2. The van der Waals surface area contributed by atoms with Gasteiger partial charge in [-0.15, -0.1) is 35.0 Å². The Hall–Kier alpha value is -1.74. The summed E-state index contributed by atoms with van der Waals surface area (Å²) < 4.78 is 5.88. The minimum Gasteiger partial charge on any atom is -0.455 e. The van der Waals surface area contributed by atoms with Gasteiger partial charge in [-0.2, -0.15) is 0 Å².